The lowest BCUT2D eigenvalue weighted by Crippen LogP contribution is -2.19. The Bertz CT molecular complexity index is 775. The number of rotatable bonds is 2. The number of hydrogen-bond acceptors (Lipinski definition) is 3. The van der Waals surface area contributed by atoms with Crippen LogP contribution in [0.3, 0.4) is 0 Å². The number of aromatic hydroxyl groups is 1. The SMILES string of the molecule is CC1=CC(=NNC(=O)c2cc3ccccc3cc2O)CC1. The standard InChI is InChI=1S/C17H16N2O2/c1-11-6-7-14(8-11)18-19-17(21)15-9-12-4-2-3-5-13(12)10-16(15)20/h2-5,8-10,20H,6-7H2,1H3,(H,19,21). The van der Waals surface area contributed by atoms with E-state index in [1.807, 2.05) is 37.3 Å². The van der Waals surface area contributed by atoms with Crippen LogP contribution in [0.15, 0.2) is 53.1 Å². The van der Waals surface area contributed by atoms with Crippen molar-refractivity contribution >= 4 is 22.4 Å². The van der Waals surface area contributed by atoms with E-state index >= 15 is 0 Å². The Morgan fingerprint density at radius 3 is 2.57 bits per heavy atom. The van der Waals surface area contributed by atoms with Gasteiger partial charge in [0.05, 0.1) is 11.3 Å². The van der Waals surface area contributed by atoms with Crippen LogP contribution in [-0.4, -0.2) is 16.7 Å². The molecule has 2 N–H and O–H groups in total. The van der Waals surface area contributed by atoms with Gasteiger partial charge < -0.3 is 5.11 Å². The highest BCUT2D eigenvalue weighted by Gasteiger charge is 2.13. The fourth-order valence-corrected chi connectivity index (χ4v) is 2.44. The summed E-state index contributed by atoms with van der Waals surface area (Å²) in [5, 5.41) is 15.9. The molecule has 1 amide bonds. The maximum atomic E-state index is 12.1. The minimum absolute atomic E-state index is 0.0375. The number of fused-ring (bicyclic) bond motifs is 1. The molecule has 2 aromatic carbocycles. The molecule has 0 atom stereocenters. The monoisotopic (exact) mass is 280 g/mol. The van der Waals surface area contributed by atoms with Crippen LogP contribution in [0, 0.1) is 0 Å². The molecule has 106 valence electrons. The Morgan fingerprint density at radius 1 is 1.19 bits per heavy atom. The highest BCUT2D eigenvalue weighted by atomic mass is 16.3. The highest BCUT2D eigenvalue weighted by Crippen LogP contribution is 2.25. The number of benzene rings is 2. The van der Waals surface area contributed by atoms with Gasteiger partial charge in [0.15, 0.2) is 0 Å². The molecule has 3 rings (SSSR count). The molecule has 0 saturated heterocycles. The van der Waals surface area contributed by atoms with Crippen molar-refractivity contribution in [2.75, 3.05) is 0 Å². The lowest BCUT2D eigenvalue weighted by Gasteiger charge is -2.06. The van der Waals surface area contributed by atoms with Crippen LogP contribution < -0.4 is 5.43 Å². The van der Waals surface area contributed by atoms with Crippen LogP contribution in [0.5, 0.6) is 5.75 Å². The molecule has 0 radical (unpaired) electrons. The normalized spacial score (nSPS) is 16.2. The predicted molar refractivity (Wildman–Crippen MR) is 83.5 cm³/mol. The van der Waals surface area contributed by atoms with Crippen LogP contribution in [0.2, 0.25) is 0 Å². The van der Waals surface area contributed by atoms with Crippen molar-refractivity contribution < 1.29 is 9.90 Å². The number of nitrogens with one attached hydrogen (secondary N) is 1. The molecule has 0 aliphatic heterocycles. The Morgan fingerprint density at radius 2 is 1.90 bits per heavy atom. The molecule has 0 spiro atoms. The number of carbonyl (C=O) groups excluding carboxylic acids is 1. The summed E-state index contributed by atoms with van der Waals surface area (Å²) in [6.07, 6.45) is 3.80. The van der Waals surface area contributed by atoms with Crippen LogP contribution in [-0.2, 0) is 0 Å². The van der Waals surface area contributed by atoms with Crippen molar-refractivity contribution in [2.45, 2.75) is 19.8 Å². The molecule has 21 heavy (non-hydrogen) atoms. The van der Waals surface area contributed by atoms with E-state index in [1.165, 1.54) is 5.57 Å². The number of amides is 1. The molecule has 1 aliphatic carbocycles. The van der Waals surface area contributed by atoms with E-state index in [0.29, 0.717) is 0 Å². The minimum atomic E-state index is -0.399. The lowest BCUT2D eigenvalue weighted by atomic mass is 10.1. The van der Waals surface area contributed by atoms with Gasteiger partial charge in [-0.15, -0.1) is 0 Å². The number of phenols is 1. The number of nitrogens with zero attached hydrogens (tertiary/aromatic N) is 1. The number of hydrazone groups is 1. The summed E-state index contributed by atoms with van der Waals surface area (Å²) in [7, 11) is 0. The first-order chi connectivity index (χ1) is 10.1. The second-order valence-electron chi connectivity index (χ2n) is 5.25. The van der Waals surface area contributed by atoms with Crippen molar-refractivity contribution in [2.24, 2.45) is 5.10 Å². The fourth-order valence-electron chi connectivity index (χ4n) is 2.44. The van der Waals surface area contributed by atoms with Crippen molar-refractivity contribution in [1.82, 2.24) is 5.43 Å². The molecular formula is C17H16N2O2. The summed E-state index contributed by atoms with van der Waals surface area (Å²) >= 11 is 0. The number of phenolic OH excluding ortho intramolecular Hbond substituents is 1. The summed E-state index contributed by atoms with van der Waals surface area (Å²) < 4.78 is 0. The zero-order valence-electron chi connectivity index (χ0n) is 11.8. The zero-order chi connectivity index (χ0) is 14.8. The minimum Gasteiger partial charge on any atom is -0.507 e. The third-order valence-corrected chi connectivity index (χ3v) is 3.60. The third kappa shape index (κ3) is 2.79. The van der Waals surface area contributed by atoms with E-state index in [0.717, 1.165) is 29.3 Å². The van der Waals surface area contributed by atoms with Gasteiger partial charge in [-0.25, -0.2) is 5.43 Å². The van der Waals surface area contributed by atoms with Gasteiger partial charge in [0.1, 0.15) is 5.75 Å². The summed E-state index contributed by atoms with van der Waals surface area (Å²) in [5.41, 5.74) is 4.87. The van der Waals surface area contributed by atoms with E-state index in [2.05, 4.69) is 10.5 Å². The largest absolute Gasteiger partial charge is 0.507 e. The van der Waals surface area contributed by atoms with Gasteiger partial charge in [-0.1, -0.05) is 29.8 Å². The van der Waals surface area contributed by atoms with Crippen LogP contribution in [0.25, 0.3) is 10.8 Å². The molecule has 4 heteroatoms. The summed E-state index contributed by atoms with van der Waals surface area (Å²) in [5.74, 6) is -0.437. The summed E-state index contributed by atoms with van der Waals surface area (Å²) in [6, 6.07) is 10.9. The van der Waals surface area contributed by atoms with Gasteiger partial charge >= 0.3 is 0 Å². The predicted octanol–water partition coefficient (Wildman–Crippen LogP) is 3.37. The molecule has 0 fully saturated rings. The zero-order valence-corrected chi connectivity index (χ0v) is 11.8. The summed E-state index contributed by atoms with van der Waals surface area (Å²) in [4.78, 5) is 12.1. The smallest absolute Gasteiger partial charge is 0.275 e. The Hall–Kier alpha value is -2.62. The molecule has 0 heterocycles. The van der Waals surface area contributed by atoms with E-state index in [4.69, 9.17) is 0 Å². The van der Waals surface area contributed by atoms with Crippen LogP contribution in [0.1, 0.15) is 30.1 Å². The maximum Gasteiger partial charge on any atom is 0.275 e. The first-order valence-electron chi connectivity index (χ1n) is 6.89. The molecule has 0 unspecified atom stereocenters. The molecule has 2 aromatic rings. The van der Waals surface area contributed by atoms with E-state index in [-0.39, 0.29) is 11.3 Å². The van der Waals surface area contributed by atoms with Crippen molar-refractivity contribution in [1.29, 1.82) is 0 Å². The Kier molecular flexibility index (Phi) is 3.44. The highest BCUT2D eigenvalue weighted by molar-refractivity contribution is 6.03. The topological polar surface area (TPSA) is 61.7 Å². The van der Waals surface area contributed by atoms with Gasteiger partial charge in [-0.05, 0) is 48.7 Å². The average molecular weight is 280 g/mol. The lowest BCUT2D eigenvalue weighted by molar-refractivity contribution is 0.0952. The molecule has 0 bridgehead atoms. The molecule has 4 nitrogen and oxygen atoms in total. The maximum absolute atomic E-state index is 12.1. The van der Waals surface area contributed by atoms with E-state index in [9.17, 15) is 9.90 Å². The molecular weight excluding hydrogens is 264 g/mol. The summed E-state index contributed by atoms with van der Waals surface area (Å²) in [6.45, 7) is 2.04. The first-order valence-corrected chi connectivity index (χ1v) is 6.89. The number of hydrogen-bond donors (Lipinski definition) is 2. The second kappa shape index (κ2) is 5.40. The first kappa shape index (κ1) is 13.4. The molecule has 0 aromatic heterocycles. The van der Waals surface area contributed by atoms with Crippen molar-refractivity contribution in [3.8, 4) is 5.75 Å². The fraction of sp³-hybridized carbons (Fsp3) is 0.176. The van der Waals surface area contributed by atoms with Crippen molar-refractivity contribution in [3.05, 3.63) is 53.6 Å². The molecule has 0 saturated carbocycles. The van der Waals surface area contributed by atoms with Crippen molar-refractivity contribution in [3.63, 3.8) is 0 Å². The van der Waals surface area contributed by atoms with Gasteiger partial charge in [-0.3, -0.25) is 4.79 Å². The average Bonchev–Trinajstić information content (AvgIpc) is 2.89. The van der Waals surface area contributed by atoms with Crippen LogP contribution >= 0.6 is 0 Å². The Balaban J connectivity index is 1.86. The molecule has 1 aliphatic rings. The second-order valence-corrected chi connectivity index (χ2v) is 5.25. The third-order valence-electron chi connectivity index (χ3n) is 3.60. The number of carbonyl (C=O) groups is 1. The number of allylic oxidation sites excluding steroid dienone is 2. The van der Waals surface area contributed by atoms with Crippen LogP contribution in [0.4, 0.5) is 0 Å². The van der Waals surface area contributed by atoms with E-state index in [1.54, 1.807) is 12.1 Å². The van der Waals surface area contributed by atoms with Gasteiger partial charge in [0.2, 0.25) is 0 Å². The van der Waals surface area contributed by atoms with Gasteiger partial charge in [-0.2, -0.15) is 5.10 Å². The van der Waals surface area contributed by atoms with E-state index < -0.39 is 5.91 Å². The quantitative estimate of drug-likeness (QED) is 0.828. The van der Waals surface area contributed by atoms with Gasteiger partial charge in [0.25, 0.3) is 5.91 Å². The van der Waals surface area contributed by atoms with Gasteiger partial charge in [0, 0.05) is 0 Å². The Labute approximate surface area is 122 Å².